The quantitative estimate of drug-likeness (QED) is 0.802. The molecule has 0 saturated heterocycles. The first-order chi connectivity index (χ1) is 7.34. The number of benzene rings is 1. The van der Waals surface area contributed by atoms with Gasteiger partial charge in [0.1, 0.15) is 5.82 Å². The van der Waals surface area contributed by atoms with E-state index >= 15 is 0 Å². The summed E-state index contributed by atoms with van der Waals surface area (Å²) in [5.74, 6) is 1.44. The molecule has 2 aromatic rings. The Morgan fingerprint density at radius 3 is 2.53 bits per heavy atom. The molecule has 2 rings (SSSR count). The molecule has 2 nitrogen and oxygen atoms in total. The van der Waals surface area contributed by atoms with Gasteiger partial charge in [-0.25, -0.2) is 4.98 Å². The highest BCUT2D eigenvalue weighted by atomic mass is 32.2. The molecule has 1 heterocycles. The fraction of sp³-hybridized carbons (Fsp3) is 0.0833. The average molecular weight is 216 g/mol. The molecule has 0 fully saturated rings. The predicted molar refractivity (Wildman–Crippen MR) is 64.7 cm³/mol. The SMILES string of the molecule is Nc1cccc(CSc2ccccc2)n1. The molecule has 76 valence electrons. The van der Waals surface area contributed by atoms with Crippen LogP contribution in [0.15, 0.2) is 53.4 Å². The molecule has 1 aromatic carbocycles. The fourth-order valence-electron chi connectivity index (χ4n) is 1.25. The maximum Gasteiger partial charge on any atom is 0.123 e. The summed E-state index contributed by atoms with van der Waals surface area (Å²) < 4.78 is 0. The Bertz CT molecular complexity index is 429. The maximum atomic E-state index is 5.61. The van der Waals surface area contributed by atoms with Crippen LogP contribution in [0.4, 0.5) is 5.82 Å². The zero-order chi connectivity index (χ0) is 10.5. The summed E-state index contributed by atoms with van der Waals surface area (Å²) in [5.41, 5.74) is 6.62. The van der Waals surface area contributed by atoms with Crippen molar-refractivity contribution in [2.24, 2.45) is 0 Å². The summed E-state index contributed by atoms with van der Waals surface area (Å²) in [6, 6.07) is 16.0. The van der Waals surface area contributed by atoms with Crippen molar-refractivity contribution >= 4 is 17.6 Å². The standard InChI is InChI=1S/C12H12N2S/c13-12-8-4-5-10(14-12)9-15-11-6-2-1-3-7-11/h1-8H,9H2,(H2,13,14). The van der Waals surface area contributed by atoms with Crippen molar-refractivity contribution in [2.75, 3.05) is 5.73 Å². The van der Waals surface area contributed by atoms with Gasteiger partial charge in [-0.3, -0.25) is 0 Å². The second kappa shape index (κ2) is 4.84. The smallest absolute Gasteiger partial charge is 0.123 e. The minimum absolute atomic E-state index is 0.584. The number of rotatable bonds is 3. The number of nitrogen functional groups attached to an aromatic ring is 1. The van der Waals surface area contributed by atoms with Crippen LogP contribution in [0.5, 0.6) is 0 Å². The van der Waals surface area contributed by atoms with Crippen molar-refractivity contribution in [1.29, 1.82) is 0 Å². The topological polar surface area (TPSA) is 38.9 Å². The molecule has 0 amide bonds. The van der Waals surface area contributed by atoms with E-state index in [1.807, 2.05) is 30.3 Å². The van der Waals surface area contributed by atoms with Crippen molar-refractivity contribution in [1.82, 2.24) is 4.98 Å². The molecule has 3 heteroatoms. The molecule has 0 saturated carbocycles. The van der Waals surface area contributed by atoms with Crippen LogP contribution in [0.2, 0.25) is 0 Å². The van der Waals surface area contributed by atoms with Gasteiger partial charge in [0.05, 0.1) is 5.69 Å². The lowest BCUT2D eigenvalue weighted by molar-refractivity contribution is 1.18. The van der Waals surface area contributed by atoms with Gasteiger partial charge in [0.25, 0.3) is 0 Å². The Morgan fingerprint density at radius 1 is 1.00 bits per heavy atom. The van der Waals surface area contributed by atoms with Crippen molar-refractivity contribution in [3.05, 3.63) is 54.2 Å². The number of pyridine rings is 1. The summed E-state index contributed by atoms with van der Waals surface area (Å²) in [6.45, 7) is 0. The predicted octanol–water partition coefficient (Wildman–Crippen LogP) is 2.96. The third-order valence-electron chi connectivity index (χ3n) is 1.96. The largest absolute Gasteiger partial charge is 0.384 e. The van der Waals surface area contributed by atoms with Gasteiger partial charge >= 0.3 is 0 Å². The Hall–Kier alpha value is -1.48. The van der Waals surface area contributed by atoms with Crippen LogP contribution in [0, 0.1) is 0 Å². The van der Waals surface area contributed by atoms with Gasteiger partial charge in [0, 0.05) is 10.6 Å². The third-order valence-corrected chi connectivity index (χ3v) is 3.00. The number of thioether (sulfide) groups is 1. The van der Waals surface area contributed by atoms with Crippen LogP contribution in [0.3, 0.4) is 0 Å². The zero-order valence-electron chi connectivity index (χ0n) is 8.26. The van der Waals surface area contributed by atoms with E-state index in [1.54, 1.807) is 17.8 Å². The maximum absolute atomic E-state index is 5.61. The van der Waals surface area contributed by atoms with Crippen LogP contribution >= 0.6 is 11.8 Å². The van der Waals surface area contributed by atoms with Crippen LogP contribution in [0.25, 0.3) is 0 Å². The monoisotopic (exact) mass is 216 g/mol. The van der Waals surface area contributed by atoms with E-state index in [0.29, 0.717) is 5.82 Å². The summed E-state index contributed by atoms with van der Waals surface area (Å²) in [6.07, 6.45) is 0. The Morgan fingerprint density at radius 2 is 1.80 bits per heavy atom. The molecule has 0 spiro atoms. The van der Waals surface area contributed by atoms with Crippen molar-refractivity contribution in [3.8, 4) is 0 Å². The van der Waals surface area contributed by atoms with Gasteiger partial charge in [-0.05, 0) is 24.3 Å². The van der Waals surface area contributed by atoms with Gasteiger partial charge in [-0.2, -0.15) is 0 Å². The van der Waals surface area contributed by atoms with E-state index in [2.05, 4.69) is 17.1 Å². The van der Waals surface area contributed by atoms with Gasteiger partial charge < -0.3 is 5.73 Å². The van der Waals surface area contributed by atoms with Crippen molar-refractivity contribution in [3.63, 3.8) is 0 Å². The first kappa shape index (κ1) is 10.1. The average Bonchev–Trinajstić information content (AvgIpc) is 2.28. The summed E-state index contributed by atoms with van der Waals surface area (Å²) in [7, 11) is 0. The Labute approximate surface area is 93.5 Å². The van der Waals surface area contributed by atoms with Crippen molar-refractivity contribution < 1.29 is 0 Å². The first-order valence-electron chi connectivity index (χ1n) is 4.74. The summed E-state index contributed by atoms with van der Waals surface area (Å²) >= 11 is 1.76. The molecular weight excluding hydrogens is 204 g/mol. The lowest BCUT2D eigenvalue weighted by atomic mass is 10.4. The van der Waals surface area contributed by atoms with E-state index in [4.69, 9.17) is 5.73 Å². The highest BCUT2D eigenvalue weighted by Gasteiger charge is 1.97. The number of hydrogen-bond donors (Lipinski definition) is 1. The summed E-state index contributed by atoms with van der Waals surface area (Å²) in [4.78, 5) is 5.50. The van der Waals surface area contributed by atoms with Gasteiger partial charge in [-0.15, -0.1) is 11.8 Å². The van der Waals surface area contributed by atoms with Gasteiger partial charge in [0.2, 0.25) is 0 Å². The van der Waals surface area contributed by atoms with E-state index in [-0.39, 0.29) is 0 Å². The molecule has 0 aliphatic carbocycles. The molecule has 15 heavy (non-hydrogen) atoms. The third kappa shape index (κ3) is 2.99. The highest BCUT2D eigenvalue weighted by Crippen LogP contribution is 2.21. The van der Waals surface area contributed by atoms with Gasteiger partial charge in [-0.1, -0.05) is 24.3 Å². The van der Waals surface area contributed by atoms with E-state index < -0.39 is 0 Å². The molecule has 0 radical (unpaired) electrons. The molecule has 0 aliphatic heterocycles. The highest BCUT2D eigenvalue weighted by molar-refractivity contribution is 7.98. The lowest BCUT2D eigenvalue weighted by Crippen LogP contribution is -1.93. The van der Waals surface area contributed by atoms with Crippen LogP contribution in [-0.2, 0) is 5.75 Å². The molecule has 0 atom stereocenters. The Balaban J connectivity index is 1.99. The van der Waals surface area contributed by atoms with Crippen LogP contribution in [0.1, 0.15) is 5.69 Å². The molecule has 1 aromatic heterocycles. The fourth-order valence-corrected chi connectivity index (χ4v) is 2.08. The minimum Gasteiger partial charge on any atom is -0.384 e. The number of aromatic nitrogens is 1. The molecule has 0 aliphatic rings. The number of nitrogens with two attached hydrogens (primary N) is 1. The second-order valence-corrected chi connectivity index (χ2v) is 4.20. The first-order valence-corrected chi connectivity index (χ1v) is 5.72. The second-order valence-electron chi connectivity index (χ2n) is 3.16. The van der Waals surface area contributed by atoms with E-state index in [9.17, 15) is 0 Å². The lowest BCUT2D eigenvalue weighted by Gasteiger charge is -2.01. The number of anilines is 1. The normalized spacial score (nSPS) is 10.1. The van der Waals surface area contributed by atoms with Crippen LogP contribution < -0.4 is 5.73 Å². The van der Waals surface area contributed by atoms with Crippen LogP contribution in [-0.4, -0.2) is 4.98 Å². The number of hydrogen-bond acceptors (Lipinski definition) is 3. The van der Waals surface area contributed by atoms with E-state index in [0.717, 1.165) is 11.4 Å². The molecule has 2 N–H and O–H groups in total. The minimum atomic E-state index is 0.584. The van der Waals surface area contributed by atoms with Gasteiger partial charge in [0.15, 0.2) is 0 Å². The van der Waals surface area contributed by atoms with Crippen molar-refractivity contribution in [2.45, 2.75) is 10.6 Å². The molecule has 0 unspecified atom stereocenters. The number of nitrogens with zero attached hydrogens (tertiary/aromatic N) is 1. The molecular formula is C12H12N2S. The Kier molecular flexibility index (Phi) is 3.25. The van der Waals surface area contributed by atoms with E-state index in [1.165, 1.54) is 4.90 Å². The summed E-state index contributed by atoms with van der Waals surface area (Å²) in [5, 5.41) is 0. The molecule has 0 bridgehead atoms. The zero-order valence-corrected chi connectivity index (χ0v) is 9.08.